The summed E-state index contributed by atoms with van der Waals surface area (Å²) in [5.74, 6) is -0.863. The summed E-state index contributed by atoms with van der Waals surface area (Å²) in [6.45, 7) is 0. The first-order chi connectivity index (χ1) is 10.5. The van der Waals surface area contributed by atoms with Crippen molar-refractivity contribution in [3.8, 4) is 0 Å². The Hall–Kier alpha value is -0.950. The Kier molecular flexibility index (Phi) is 4.82. The van der Waals surface area contributed by atoms with Gasteiger partial charge >= 0.3 is 0 Å². The van der Waals surface area contributed by atoms with Gasteiger partial charge in [-0.15, -0.1) is 11.3 Å². The molecule has 0 unspecified atom stereocenters. The van der Waals surface area contributed by atoms with E-state index in [1.165, 1.54) is 29.1 Å². The zero-order valence-electron chi connectivity index (χ0n) is 12.6. The monoisotopic (exact) mass is 342 g/mol. The second-order valence-electron chi connectivity index (χ2n) is 6.21. The predicted octanol–water partition coefficient (Wildman–Crippen LogP) is 2.71. The van der Waals surface area contributed by atoms with Crippen LogP contribution in [0.25, 0.3) is 0 Å². The van der Waals surface area contributed by atoms with Gasteiger partial charge in [-0.3, -0.25) is 4.79 Å². The summed E-state index contributed by atoms with van der Waals surface area (Å²) in [7, 11) is -3.32. The first-order valence-electron chi connectivity index (χ1n) is 8.04. The highest BCUT2D eigenvalue weighted by Gasteiger charge is 2.31. The molecular formula is C15H22N2O3S2. The van der Waals surface area contributed by atoms with Gasteiger partial charge in [0.1, 0.15) is 5.75 Å². The number of nitrogens with zero attached hydrogens (tertiary/aromatic N) is 1. The number of aromatic nitrogens is 1. The fourth-order valence-corrected chi connectivity index (χ4v) is 6.08. The minimum Gasteiger partial charge on any atom is -0.301 e. The van der Waals surface area contributed by atoms with Crippen molar-refractivity contribution in [3.63, 3.8) is 0 Å². The van der Waals surface area contributed by atoms with E-state index in [1.807, 2.05) is 0 Å². The quantitative estimate of drug-likeness (QED) is 0.854. The number of rotatable bonds is 4. The third-order valence-corrected chi connectivity index (χ3v) is 7.71. The number of nitrogens with one attached hydrogen (secondary N) is 1. The molecule has 0 aliphatic heterocycles. The van der Waals surface area contributed by atoms with Crippen molar-refractivity contribution in [2.75, 3.05) is 11.1 Å². The Labute approximate surface area is 135 Å². The highest BCUT2D eigenvalue weighted by atomic mass is 32.2. The smallest absolute Gasteiger partial charge is 0.241 e. The number of anilines is 1. The molecule has 1 aromatic heterocycles. The van der Waals surface area contributed by atoms with Crippen LogP contribution in [0, 0.1) is 0 Å². The first-order valence-corrected chi connectivity index (χ1v) is 10.6. The van der Waals surface area contributed by atoms with E-state index in [4.69, 9.17) is 0 Å². The van der Waals surface area contributed by atoms with E-state index in [0.717, 1.165) is 37.8 Å². The molecule has 1 heterocycles. The molecule has 0 aromatic carbocycles. The Morgan fingerprint density at radius 1 is 1.14 bits per heavy atom. The van der Waals surface area contributed by atoms with Crippen LogP contribution >= 0.6 is 11.3 Å². The van der Waals surface area contributed by atoms with E-state index in [9.17, 15) is 13.2 Å². The van der Waals surface area contributed by atoms with Crippen molar-refractivity contribution in [2.45, 2.75) is 63.0 Å². The molecule has 0 radical (unpaired) electrons. The summed E-state index contributed by atoms with van der Waals surface area (Å²) >= 11 is 1.50. The summed E-state index contributed by atoms with van der Waals surface area (Å²) in [4.78, 5) is 17.8. The Morgan fingerprint density at radius 2 is 1.86 bits per heavy atom. The third kappa shape index (κ3) is 3.68. The zero-order chi connectivity index (χ0) is 15.6. The van der Waals surface area contributed by atoms with Gasteiger partial charge in [0.05, 0.1) is 10.9 Å². The lowest BCUT2D eigenvalue weighted by Crippen LogP contribution is -2.29. The molecule has 0 spiro atoms. The Bertz CT molecular complexity index is 622. The maximum absolute atomic E-state index is 12.2. The summed E-state index contributed by atoms with van der Waals surface area (Å²) in [5.41, 5.74) is 1.08. The van der Waals surface area contributed by atoms with Crippen LogP contribution < -0.4 is 5.32 Å². The number of thiazole rings is 1. The molecular weight excluding hydrogens is 320 g/mol. The molecule has 2 aliphatic carbocycles. The number of fused-ring (bicyclic) bond motifs is 1. The molecule has 1 saturated carbocycles. The number of amides is 1. The van der Waals surface area contributed by atoms with Crippen molar-refractivity contribution in [2.24, 2.45) is 0 Å². The topological polar surface area (TPSA) is 76.1 Å². The van der Waals surface area contributed by atoms with Crippen LogP contribution in [0.3, 0.4) is 0 Å². The van der Waals surface area contributed by atoms with Gasteiger partial charge in [-0.25, -0.2) is 13.4 Å². The fourth-order valence-electron chi connectivity index (χ4n) is 3.29. The average molecular weight is 342 g/mol. The molecule has 3 rings (SSSR count). The van der Waals surface area contributed by atoms with Crippen LogP contribution in [0.4, 0.5) is 5.13 Å². The van der Waals surface area contributed by atoms with Gasteiger partial charge in [0.25, 0.3) is 0 Å². The molecule has 1 fully saturated rings. The van der Waals surface area contributed by atoms with Gasteiger partial charge in [0.2, 0.25) is 5.91 Å². The average Bonchev–Trinajstić information content (AvgIpc) is 3.05. The zero-order valence-corrected chi connectivity index (χ0v) is 14.3. The standard InChI is InChI=1S/C15H22N2O3S2/c18-14(10-22(19,20)11-6-4-5-7-11)17-15-16-12-8-2-1-3-9-13(12)21-15/h11H,1-10H2,(H,16,17,18). The van der Waals surface area contributed by atoms with Crippen molar-refractivity contribution < 1.29 is 13.2 Å². The molecule has 0 bridgehead atoms. The van der Waals surface area contributed by atoms with Crippen LogP contribution in [0.2, 0.25) is 0 Å². The van der Waals surface area contributed by atoms with Crippen LogP contribution in [0.5, 0.6) is 0 Å². The number of carbonyl (C=O) groups excluding carboxylic acids is 1. The van der Waals surface area contributed by atoms with Gasteiger partial charge in [0, 0.05) is 4.88 Å². The van der Waals surface area contributed by atoms with E-state index < -0.39 is 21.5 Å². The molecule has 122 valence electrons. The van der Waals surface area contributed by atoms with Crippen molar-refractivity contribution >= 4 is 32.2 Å². The molecule has 22 heavy (non-hydrogen) atoms. The summed E-state index contributed by atoms with van der Waals surface area (Å²) in [6.07, 6.45) is 8.80. The van der Waals surface area contributed by atoms with Crippen LogP contribution in [-0.4, -0.2) is 30.3 Å². The molecule has 1 N–H and O–H groups in total. The Balaban J connectivity index is 1.62. The Morgan fingerprint density at radius 3 is 2.64 bits per heavy atom. The van der Waals surface area contributed by atoms with Gasteiger partial charge in [-0.2, -0.15) is 0 Å². The van der Waals surface area contributed by atoms with Crippen LogP contribution in [-0.2, 0) is 27.5 Å². The lowest BCUT2D eigenvalue weighted by atomic mass is 10.2. The molecule has 7 heteroatoms. The lowest BCUT2D eigenvalue weighted by molar-refractivity contribution is -0.113. The SMILES string of the molecule is O=C(CS(=O)(=O)C1CCCC1)Nc1nc2c(s1)CCCCC2. The minimum atomic E-state index is -3.32. The second-order valence-corrected chi connectivity index (χ2v) is 9.58. The fraction of sp³-hybridized carbons (Fsp3) is 0.733. The van der Waals surface area contributed by atoms with E-state index in [-0.39, 0.29) is 5.25 Å². The van der Waals surface area contributed by atoms with E-state index in [2.05, 4.69) is 10.3 Å². The molecule has 0 saturated heterocycles. The first kappa shape index (κ1) is 15.9. The van der Waals surface area contributed by atoms with Crippen molar-refractivity contribution in [1.82, 2.24) is 4.98 Å². The number of carbonyl (C=O) groups is 1. The molecule has 0 atom stereocenters. The van der Waals surface area contributed by atoms with Gasteiger partial charge in [-0.05, 0) is 38.5 Å². The highest BCUT2D eigenvalue weighted by Crippen LogP contribution is 2.29. The maximum atomic E-state index is 12.2. The van der Waals surface area contributed by atoms with Gasteiger partial charge < -0.3 is 5.32 Å². The highest BCUT2D eigenvalue weighted by molar-refractivity contribution is 7.92. The maximum Gasteiger partial charge on any atom is 0.241 e. The summed E-state index contributed by atoms with van der Waals surface area (Å²) < 4.78 is 24.4. The second kappa shape index (κ2) is 6.66. The number of hydrogen-bond donors (Lipinski definition) is 1. The molecule has 5 nitrogen and oxygen atoms in total. The lowest BCUT2D eigenvalue weighted by Gasteiger charge is -2.10. The van der Waals surface area contributed by atoms with Crippen LogP contribution in [0.15, 0.2) is 0 Å². The van der Waals surface area contributed by atoms with Gasteiger partial charge in [-0.1, -0.05) is 19.3 Å². The minimum absolute atomic E-state index is 0.328. The van der Waals surface area contributed by atoms with E-state index in [0.29, 0.717) is 18.0 Å². The summed E-state index contributed by atoms with van der Waals surface area (Å²) in [6, 6.07) is 0. The predicted molar refractivity (Wildman–Crippen MR) is 88.0 cm³/mol. The van der Waals surface area contributed by atoms with Crippen LogP contribution in [0.1, 0.15) is 55.5 Å². The number of sulfone groups is 1. The number of hydrogen-bond acceptors (Lipinski definition) is 5. The number of aryl methyl sites for hydroxylation is 2. The normalized spacial score (nSPS) is 19.6. The van der Waals surface area contributed by atoms with Gasteiger partial charge in [0.15, 0.2) is 15.0 Å². The van der Waals surface area contributed by atoms with Crippen molar-refractivity contribution in [1.29, 1.82) is 0 Å². The summed E-state index contributed by atoms with van der Waals surface area (Å²) in [5, 5.41) is 2.92. The molecule has 1 amide bonds. The molecule has 1 aromatic rings. The molecule has 2 aliphatic rings. The third-order valence-electron chi connectivity index (χ3n) is 4.48. The van der Waals surface area contributed by atoms with E-state index in [1.54, 1.807) is 0 Å². The van der Waals surface area contributed by atoms with Crippen molar-refractivity contribution in [3.05, 3.63) is 10.6 Å². The van der Waals surface area contributed by atoms with E-state index >= 15 is 0 Å². The largest absolute Gasteiger partial charge is 0.301 e.